The van der Waals surface area contributed by atoms with Crippen LogP contribution in [-0.2, 0) is 0 Å². The molecular weight excluding hydrogens is 266 g/mol. The van der Waals surface area contributed by atoms with Gasteiger partial charge in [-0.1, -0.05) is 19.9 Å². The Balaban J connectivity index is 2.40. The van der Waals surface area contributed by atoms with Gasteiger partial charge in [0.15, 0.2) is 0 Å². The first kappa shape index (κ1) is 14.5. The van der Waals surface area contributed by atoms with E-state index in [1.165, 1.54) is 4.88 Å². The molecular formula is C16H19N3S. The Labute approximate surface area is 124 Å². The highest BCUT2D eigenvalue weighted by atomic mass is 32.1. The third-order valence-electron chi connectivity index (χ3n) is 3.27. The molecule has 1 atom stereocenters. The Bertz CT molecular complexity index is 624. The average molecular weight is 285 g/mol. The van der Waals surface area contributed by atoms with E-state index in [4.69, 9.17) is 0 Å². The maximum atomic E-state index is 9.34. The van der Waals surface area contributed by atoms with Crippen molar-refractivity contribution in [1.29, 1.82) is 5.26 Å². The molecule has 2 heterocycles. The smallest absolute Gasteiger partial charge is 0.103 e. The van der Waals surface area contributed by atoms with E-state index in [9.17, 15) is 5.26 Å². The predicted octanol–water partition coefficient (Wildman–Crippen LogP) is 4.44. The van der Waals surface area contributed by atoms with Crippen LogP contribution in [0.4, 0.5) is 5.69 Å². The second-order valence-electron chi connectivity index (χ2n) is 5.26. The van der Waals surface area contributed by atoms with Crippen LogP contribution in [-0.4, -0.2) is 4.98 Å². The van der Waals surface area contributed by atoms with Crippen molar-refractivity contribution in [3.63, 3.8) is 0 Å². The standard InChI is InChI=1S/C16H19N3S/c1-10(2)16(15-6-5-7-20-15)19-14-8-11(3)18-12(4)13(14)9-17/h5-8,10,16H,1-4H3,(H,18,19). The summed E-state index contributed by atoms with van der Waals surface area (Å²) in [7, 11) is 0. The van der Waals surface area contributed by atoms with Crippen molar-refractivity contribution in [1.82, 2.24) is 4.98 Å². The lowest BCUT2D eigenvalue weighted by atomic mass is 10.0. The van der Waals surface area contributed by atoms with E-state index < -0.39 is 0 Å². The molecule has 0 saturated heterocycles. The Morgan fingerprint density at radius 3 is 2.65 bits per heavy atom. The number of pyridine rings is 1. The van der Waals surface area contributed by atoms with Gasteiger partial charge in [0.1, 0.15) is 6.07 Å². The first-order valence-corrected chi connectivity index (χ1v) is 7.59. The maximum absolute atomic E-state index is 9.34. The van der Waals surface area contributed by atoms with Crippen molar-refractivity contribution in [3.8, 4) is 6.07 Å². The zero-order valence-electron chi connectivity index (χ0n) is 12.3. The summed E-state index contributed by atoms with van der Waals surface area (Å²) in [5.41, 5.74) is 3.23. The highest BCUT2D eigenvalue weighted by Crippen LogP contribution is 2.31. The molecule has 0 radical (unpaired) electrons. The minimum absolute atomic E-state index is 0.211. The highest BCUT2D eigenvalue weighted by molar-refractivity contribution is 7.10. The molecule has 3 nitrogen and oxygen atoms in total. The van der Waals surface area contributed by atoms with Crippen LogP contribution in [0.5, 0.6) is 0 Å². The topological polar surface area (TPSA) is 48.7 Å². The number of nitrogens with zero attached hydrogens (tertiary/aromatic N) is 2. The summed E-state index contributed by atoms with van der Waals surface area (Å²) >= 11 is 1.74. The van der Waals surface area contributed by atoms with E-state index in [-0.39, 0.29) is 6.04 Å². The van der Waals surface area contributed by atoms with Crippen molar-refractivity contribution in [2.75, 3.05) is 5.32 Å². The molecule has 0 aliphatic heterocycles. The Morgan fingerprint density at radius 2 is 2.10 bits per heavy atom. The van der Waals surface area contributed by atoms with Gasteiger partial charge in [-0.2, -0.15) is 5.26 Å². The minimum atomic E-state index is 0.211. The van der Waals surface area contributed by atoms with Gasteiger partial charge in [-0.05, 0) is 37.3 Å². The van der Waals surface area contributed by atoms with E-state index in [2.05, 4.69) is 47.7 Å². The Hall–Kier alpha value is -1.86. The van der Waals surface area contributed by atoms with E-state index in [1.807, 2.05) is 19.9 Å². The molecule has 0 fully saturated rings. The lowest BCUT2D eigenvalue weighted by molar-refractivity contribution is 0.553. The van der Waals surface area contributed by atoms with Gasteiger partial charge in [0.25, 0.3) is 0 Å². The number of nitrogens with one attached hydrogen (secondary N) is 1. The minimum Gasteiger partial charge on any atom is -0.376 e. The fraction of sp³-hybridized carbons (Fsp3) is 0.375. The van der Waals surface area contributed by atoms with E-state index in [0.29, 0.717) is 11.5 Å². The Morgan fingerprint density at radius 1 is 1.35 bits per heavy atom. The number of thiophene rings is 1. The van der Waals surface area contributed by atoms with Crippen molar-refractivity contribution < 1.29 is 0 Å². The van der Waals surface area contributed by atoms with E-state index >= 15 is 0 Å². The number of hydrogen-bond acceptors (Lipinski definition) is 4. The van der Waals surface area contributed by atoms with Gasteiger partial charge in [-0.15, -0.1) is 11.3 Å². The zero-order valence-corrected chi connectivity index (χ0v) is 13.1. The molecule has 2 aromatic rings. The van der Waals surface area contributed by atoms with E-state index in [0.717, 1.165) is 17.1 Å². The molecule has 4 heteroatoms. The first-order valence-electron chi connectivity index (χ1n) is 6.71. The van der Waals surface area contributed by atoms with Crippen molar-refractivity contribution in [3.05, 3.63) is 45.4 Å². The molecule has 2 aromatic heterocycles. The fourth-order valence-electron chi connectivity index (χ4n) is 2.29. The van der Waals surface area contributed by atoms with Gasteiger partial charge in [0.05, 0.1) is 23.0 Å². The molecule has 0 aliphatic carbocycles. The van der Waals surface area contributed by atoms with Crippen molar-refractivity contribution in [2.24, 2.45) is 5.92 Å². The number of aromatic nitrogens is 1. The fourth-order valence-corrected chi connectivity index (χ4v) is 3.23. The van der Waals surface area contributed by atoms with Gasteiger partial charge in [-0.25, -0.2) is 0 Å². The van der Waals surface area contributed by atoms with Gasteiger partial charge >= 0.3 is 0 Å². The third-order valence-corrected chi connectivity index (χ3v) is 4.22. The van der Waals surface area contributed by atoms with Gasteiger partial charge in [0, 0.05) is 10.6 Å². The Kier molecular flexibility index (Phi) is 4.41. The summed E-state index contributed by atoms with van der Waals surface area (Å²) in [6.07, 6.45) is 0. The van der Waals surface area contributed by atoms with Crippen LogP contribution in [0.25, 0.3) is 0 Å². The number of aryl methyl sites for hydroxylation is 2. The zero-order chi connectivity index (χ0) is 14.7. The van der Waals surface area contributed by atoms with E-state index in [1.54, 1.807) is 11.3 Å². The van der Waals surface area contributed by atoms with Crippen LogP contribution in [0, 0.1) is 31.1 Å². The summed E-state index contributed by atoms with van der Waals surface area (Å²) in [5, 5.41) is 15.0. The summed E-state index contributed by atoms with van der Waals surface area (Å²) in [6.45, 7) is 8.20. The molecule has 0 amide bonds. The number of anilines is 1. The summed E-state index contributed by atoms with van der Waals surface area (Å²) in [6, 6.07) is 8.62. The van der Waals surface area contributed by atoms with Crippen LogP contribution < -0.4 is 5.32 Å². The lowest BCUT2D eigenvalue weighted by Crippen LogP contribution is -2.17. The maximum Gasteiger partial charge on any atom is 0.103 e. The molecule has 2 rings (SSSR count). The van der Waals surface area contributed by atoms with Gasteiger partial charge in [-0.3, -0.25) is 4.98 Å². The summed E-state index contributed by atoms with van der Waals surface area (Å²) in [4.78, 5) is 5.65. The second kappa shape index (κ2) is 6.06. The monoisotopic (exact) mass is 285 g/mol. The lowest BCUT2D eigenvalue weighted by Gasteiger charge is -2.23. The SMILES string of the molecule is Cc1cc(NC(c2cccs2)C(C)C)c(C#N)c(C)n1. The molecule has 0 saturated carbocycles. The number of rotatable bonds is 4. The van der Waals surface area contributed by atoms with Crippen LogP contribution >= 0.6 is 11.3 Å². The first-order chi connectivity index (χ1) is 9.52. The highest BCUT2D eigenvalue weighted by Gasteiger charge is 2.19. The number of nitriles is 1. The second-order valence-corrected chi connectivity index (χ2v) is 6.24. The molecule has 0 aromatic carbocycles. The van der Waals surface area contributed by atoms with Gasteiger partial charge in [0.2, 0.25) is 0 Å². The van der Waals surface area contributed by atoms with Crippen LogP contribution in [0.15, 0.2) is 23.6 Å². The summed E-state index contributed by atoms with van der Waals surface area (Å²) < 4.78 is 0. The average Bonchev–Trinajstić information content (AvgIpc) is 2.88. The normalized spacial score (nSPS) is 12.2. The third kappa shape index (κ3) is 3.00. The number of hydrogen-bond donors (Lipinski definition) is 1. The van der Waals surface area contributed by atoms with Crippen molar-refractivity contribution >= 4 is 17.0 Å². The van der Waals surface area contributed by atoms with Crippen LogP contribution in [0.3, 0.4) is 0 Å². The predicted molar refractivity (Wildman–Crippen MR) is 83.9 cm³/mol. The summed E-state index contributed by atoms with van der Waals surface area (Å²) in [5.74, 6) is 0.439. The largest absolute Gasteiger partial charge is 0.376 e. The molecule has 1 unspecified atom stereocenters. The molecule has 0 aliphatic rings. The molecule has 1 N–H and O–H groups in total. The molecule has 104 valence electrons. The molecule has 20 heavy (non-hydrogen) atoms. The molecule has 0 spiro atoms. The van der Waals surface area contributed by atoms with Crippen molar-refractivity contribution in [2.45, 2.75) is 33.7 Å². The van der Waals surface area contributed by atoms with Crippen LogP contribution in [0.1, 0.15) is 41.7 Å². The van der Waals surface area contributed by atoms with Gasteiger partial charge < -0.3 is 5.32 Å². The van der Waals surface area contributed by atoms with Crippen LogP contribution in [0.2, 0.25) is 0 Å². The molecule has 0 bridgehead atoms. The quantitative estimate of drug-likeness (QED) is 0.903.